The van der Waals surface area contributed by atoms with Gasteiger partial charge in [-0.05, 0) is 44.4 Å². The summed E-state index contributed by atoms with van der Waals surface area (Å²) in [7, 11) is 1.97. The van der Waals surface area contributed by atoms with Crippen molar-refractivity contribution in [1.82, 2.24) is 0 Å². The number of rotatable bonds is 9. The van der Waals surface area contributed by atoms with Crippen LogP contribution in [0.15, 0.2) is 88.7 Å². The fraction of sp³-hybridized carbons (Fsp3) is 0.333. The number of unbranched alkanes of at least 4 members (excludes halogenated alkanes) is 2. The summed E-state index contributed by atoms with van der Waals surface area (Å²) >= 11 is 0. The molecule has 0 bridgehead atoms. The Balaban J connectivity index is 1.60. The maximum atomic E-state index is 13.9. The molecule has 2 heterocycles. The van der Waals surface area contributed by atoms with Crippen LogP contribution in [0.4, 0.5) is 11.4 Å². The molecular weight excluding hydrogens is 536 g/mol. The fourth-order valence-corrected chi connectivity index (χ4v) is 6.73. The first-order valence-electron chi connectivity index (χ1n) is 14.6. The molecule has 1 aliphatic carbocycles. The van der Waals surface area contributed by atoms with E-state index >= 15 is 0 Å². The van der Waals surface area contributed by atoms with E-state index in [2.05, 4.69) is 61.4 Å². The number of carboxylic acids is 1. The highest BCUT2D eigenvalue weighted by molar-refractivity contribution is 6.27. The topological polar surface area (TPSA) is 107 Å². The molecule has 0 atom stereocenters. The van der Waals surface area contributed by atoms with Gasteiger partial charge in [-0.1, -0.05) is 56.7 Å². The van der Waals surface area contributed by atoms with Crippen LogP contribution in [-0.2, 0) is 20.4 Å². The summed E-state index contributed by atoms with van der Waals surface area (Å²) < 4.78 is 2.07. The van der Waals surface area contributed by atoms with Crippen LogP contribution in [0.1, 0.15) is 64.5 Å². The van der Waals surface area contributed by atoms with Gasteiger partial charge in [0.05, 0.1) is 11.0 Å². The summed E-state index contributed by atoms with van der Waals surface area (Å²) in [6.45, 7) is 9.12. The normalized spacial score (nSPS) is 19.7. The number of hydrogen-bond acceptors (Lipinski definition) is 4. The lowest BCUT2D eigenvalue weighted by Crippen LogP contribution is -2.32. The van der Waals surface area contributed by atoms with Crippen molar-refractivity contribution in [3.05, 3.63) is 105 Å². The molecule has 0 saturated heterocycles. The Bertz CT molecular complexity index is 1770. The highest BCUT2D eigenvalue weighted by Crippen LogP contribution is 2.50. The Labute approximate surface area is 253 Å². The molecule has 0 aromatic heterocycles. The molecule has 0 spiro atoms. The number of Topliss-reactive ketones (excluding diaryl/α,β-unsaturated/α-hetero) is 1. The van der Waals surface area contributed by atoms with Gasteiger partial charge in [0.25, 0.3) is 0 Å². The van der Waals surface area contributed by atoms with Gasteiger partial charge >= 0.3 is 5.97 Å². The van der Waals surface area contributed by atoms with Crippen LogP contribution in [-0.4, -0.2) is 46.6 Å². The number of carbonyl (C=O) groups is 2. The fourth-order valence-electron chi connectivity index (χ4n) is 6.73. The monoisotopic (exact) mass is 572 g/mol. The molecule has 1 N–H and O–H groups in total. The van der Waals surface area contributed by atoms with Gasteiger partial charge in [-0.2, -0.15) is 9.84 Å². The number of nitriles is 1. The molecule has 0 radical (unpaired) electrons. The number of hydrogen-bond donors (Lipinski definition) is 1. The third kappa shape index (κ3) is 4.88. The molecule has 2 aliphatic heterocycles. The van der Waals surface area contributed by atoms with Crippen LogP contribution in [0, 0.1) is 11.3 Å². The predicted molar refractivity (Wildman–Crippen MR) is 169 cm³/mol. The van der Waals surface area contributed by atoms with Gasteiger partial charge in [-0.15, -0.1) is 0 Å². The van der Waals surface area contributed by atoms with Gasteiger partial charge in [0, 0.05) is 64.2 Å². The number of ketones is 1. The first-order chi connectivity index (χ1) is 20.4. The van der Waals surface area contributed by atoms with E-state index in [1.807, 2.05) is 55.4 Å². The first-order valence-corrected chi connectivity index (χ1v) is 14.6. The van der Waals surface area contributed by atoms with Crippen molar-refractivity contribution in [2.45, 2.75) is 64.2 Å². The molecule has 7 heteroatoms. The zero-order valence-corrected chi connectivity index (χ0v) is 25.4. The summed E-state index contributed by atoms with van der Waals surface area (Å²) in [5, 5.41) is 28.9. The minimum Gasteiger partial charge on any atom is -0.762 e. The number of fused-ring (bicyclic) bond motifs is 2. The highest BCUT2D eigenvalue weighted by atomic mass is 16.4. The Morgan fingerprint density at radius 3 is 2.33 bits per heavy atom. The maximum Gasteiger partial charge on any atom is 0.303 e. The van der Waals surface area contributed by atoms with Gasteiger partial charge in [-0.3, -0.25) is 9.59 Å². The van der Waals surface area contributed by atoms with E-state index in [1.54, 1.807) is 0 Å². The second-order valence-corrected chi connectivity index (χ2v) is 12.4. The van der Waals surface area contributed by atoms with Crippen molar-refractivity contribution in [1.29, 1.82) is 5.26 Å². The molecular formula is C36H36N4O3. The number of aliphatic carboxylic acids is 1. The van der Waals surface area contributed by atoms with Crippen LogP contribution in [0.2, 0.25) is 0 Å². The quantitative estimate of drug-likeness (QED) is 0.121. The Morgan fingerprint density at radius 2 is 1.67 bits per heavy atom. The number of anilines is 1. The van der Waals surface area contributed by atoms with Crippen LogP contribution < -0.4 is 4.90 Å². The average Bonchev–Trinajstić information content (AvgIpc) is 3.31. The van der Waals surface area contributed by atoms with Crippen molar-refractivity contribution in [3.63, 3.8) is 0 Å². The Hall–Kier alpha value is -4.79. The lowest BCUT2D eigenvalue weighted by atomic mass is 9.73. The highest BCUT2D eigenvalue weighted by Gasteiger charge is 2.46. The molecule has 2 aromatic carbocycles. The lowest BCUT2D eigenvalue weighted by molar-refractivity contribution is -0.401. The lowest BCUT2D eigenvalue weighted by Gasteiger charge is -2.30. The number of carbonyl (C=O) groups excluding carboxylic acids is 1. The third-order valence-corrected chi connectivity index (χ3v) is 9.08. The van der Waals surface area contributed by atoms with Crippen LogP contribution in [0.3, 0.4) is 0 Å². The van der Waals surface area contributed by atoms with Crippen molar-refractivity contribution < 1.29 is 19.3 Å². The molecule has 7 nitrogen and oxygen atoms in total. The van der Waals surface area contributed by atoms with Gasteiger partial charge in [0.1, 0.15) is 13.1 Å². The van der Waals surface area contributed by atoms with Crippen LogP contribution in [0.25, 0.3) is 5.41 Å². The first kappa shape index (κ1) is 29.7. The van der Waals surface area contributed by atoms with Crippen molar-refractivity contribution in [2.75, 3.05) is 18.5 Å². The Kier molecular flexibility index (Phi) is 7.69. The van der Waals surface area contributed by atoms with Gasteiger partial charge in [0.15, 0.2) is 11.5 Å². The van der Waals surface area contributed by atoms with E-state index in [9.17, 15) is 20.3 Å². The molecule has 218 valence electrons. The van der Waals surface area contributed by atoms with E-state index in [0.29, 0.717) is 29.7 Å². The second-order valence-electron chi connectivity index (χ2n) is 12.4. The predicted octanol–water partition coefficient (Wildman–Crippen LogP) is 6.51. The maximum absolute atomic E-state index is 13.9. The zero-order valence-electron chi connectivity index (χ0n) is 25.4. The standard InChI is InChI=1S/C36H36N4O3/c1-35(2)26-13-8-10-15-28(26)39(5)30(35)19-24-33(23(21-37)22-38)25(34(24)43)20-31-36(3,4)27-14-9-11-16-29(27)40(31)18-12-6-7-17-32(41)42/h8-11,13-16,19-20H,6-7,12,17-18H2,1-5H3,(H,41,42). The third-order valence-electron chi connectivity index (χ3n) is 9.08. The van der Waals surface area contributed by atoms with Crippen LogP contribution >= 0.6 is 0 Å². The Morgan fingerprint density at radius 1 is 1.00 bits per heavy atom. The van der Waals surface area contributed by atoms with Crippen molar-refractivity contribution in [2.24, 2.45) is 0 Å². The number of allylic oxidation sites excluding steroid dienone is 7. The summed E-state index contributed by atoms with van der Waals surface area (Å²) in [5.41, 5.74) is 6.49. The molecule has 0 saturated carbocycles. The minimum atomic E-state index is -0.795. The SMILES string of the molecule is C[N+]1=C(C=C2C(=O)C(C=C3N(CCCCCC(=O)O)c4ccccc4C3(C)C)=C2C(=C=[N-])C#N)C(C)(C)c2ccccc21. The second kappa shape index (κ2) is 11.1. The molecule has 43 heavy (non-hydrogen) atoms. The molecule has 0 fully saturated rings. The minimum absolute atomic E-state index is 0.0807. The van der Waals surface area contributed by atoms with Gasteiger partial charge in [0.2, 0.25) is 5.69 Å². The summed E-state index contributed by atoms with van der Waals surface area (Å²) in [4.78, 5) is 27.1. The van der Waals surface area contributed by atoms with Gasteiger partial charge < -0.3 is 15.4 Å². The number of carboxylic acid groups (broad SMARTS) is 1. The molecule has 5 rings (SSSR count). The summed E-state index contributed by atoms with van der Waals surface area (Å²) in [6, 6.07) is 18.3. The average molecular weight is 573 g/mol. The number of nitrogens with zero attached hydrogens (tertiary/aromatic N) is 4. The van der Waals surface area contributed by atoms with E-state index in [-0.39, 0.29) is 23.2 Å². The smallest absolute Gasteiger partial charge is 0.303 e. The summed E-state index contributed by atoms with van der Waals surface area (Å²) in [5.74, 6) is 1.05. The molecule has 3 aliphatic rings. The van der Waals surface area contributed by atoms with Crippen LogP contribution in [0.5, 0.6) is 0 Å². The van der Waals surface area contributed by atoms with E-state index in [4.69, 9.17) is 5.11 Å². The van der Waals surface area contributed by atoms with Gasteiger partial charge in [-0.25, -0.2) is 5.87 Å². The molecule has 0 unspecified atom stereocenters. The molecule has 2 aromatic rings. The van der Waals surface area contributed by atoms with Crippen molar-refractivity contribution in [3.8, 4) is 6.07 Å². The largest absolute Gasteiger partial charge is 0.762 e. The number of benzene rings is 2. The number of para-hydroxylation sites is 2. The van der Waals surface area contributed by atoms with E-state index < -0.39 is 11.4 Å². The van der Waals surface area contributed by atoms with E-state index in [0.717, 1.165) is 46.8 Å². The van der Waals surface area contributed by atoms with E-state index in [1.165, 1.54) is 0 Å². The summed E-state index contributed by atoms with van der Waals surface area (Å²) in [6.07, 6.45) is 6.01. The zero-order chi connectivity index (χ0) is 31.1. The molecule has 0 amide bonds. The van der Waals surface area contributed by atoms with Crippen molar-refractivity contribution >= 4 is 34.7 Å².